The average molecular weight is 254 g/mol. The van der Waals surface area contributed by atoms with Gasteiger partial charge in [0, 0.05) is 23.0 Å². The molecule has 1 aliphatic rings. The number of nitrogens with two attached hydrogens (primary N) is 1. The van der Waals surface area contributed by atoms with Crippen LogP contribution in [-0.4, -0.2) is 17.7 Å². The molecule has 0 aromatic rings. The van der Waals surface area contributed by atoms with E-state index >= 15 is 0 Å². The Morgan fingerprint density at radius 1 is 1.39 bits per heavy atom. The van der Waals surface area contributed by atoms with Crippen LogP contribution < -0.4 is 16.3 Å². The molecule has 0 aromatic heterocycles. The van der Waals surface area contributed by atoms with Crippen molar-refractivity contribution in [2.75, 3.05) is 0 Å². The third-order valence-corrected chi connectivity index (χ3v) is 4.64. The van der Waals surface area contributed by atoms with E-state index in [1.807, 2.05) is 20.8 Å². The summed E-state index contributed by atoms with van der Waals surface area (Å²) in [5.41, 5.74) is 6.94. The van der Waals surface area contributed by atoms with Crippen LogP contribution in [-0.2, 0) is 4.79 Å². The molecule has 1 saturated carbocycles. The second kappa shape index (κ2) is 4.59. The predicted molar refractivity (Wildman–Crippen MR) is 65.4 cm³/mol. The molecule has 6 nitrogen and oxygen atoms in total. The number of primary amides is 1. The summed E-state index contributed by atoms with van der Waals surface area (Å²) in [6.07, 6.45) is 1.24. The smallest absolute Gasteiger partial charge is 0.332 e. The molecular formula is C12H20N3O3-. The summed E-state index contributed by atoms with van der Waals surface area (Å²) in [6.45, 7) is 7.51. The topological polar surface area (TPSA) is 108 Å². The van der Waals surface area contributed by atoms with Crippen molar-refractivity contribution in [1.82, 2.24) is 5.43 Å². The summed E-state index contributed by atoms with van der Waals surface area (Å²) in [4.78, 5) is 21.8. The van der Waals surface area contributed by atoms with Crippen molar-refractivity contribution < 1.29 is 14.7 Å². The zero-order valence-electron chi connectivity index (χ0n) is 11.2. The Kier molecular flexibility index (Phi) is 3.69. The molecule has 102 valence electrons. The van der Waals surface area contributed by atoms with E-state index in [4.69, 9.17) is 5.73 Å². The molecule has 0 unspecified atom stereocenters. The van der Waals surface area contributed by atoms with Gasteiger partial charge in [-0.3, -0.25) is 0 Å². The first-order valence-electron chi connectivity index (χ1n) is 5.94. The van der Waals surface area contributed by atoms with E-state index in [0.29, 0.717) is 18.6 Å². The Labute approximate surface area is 107 Å². The van der Waals surface area contributed by atoms with Crippen LogP contribution in [0.5, 0.6) is 0 Å². The maximum atomic E-state index is 11.2. The van der Waals surface area contributed by atoms with Crippen LogP contribution in [0.2, 0.25) is 0 Å². The minimum Gasteiger partial charge on any atom is -0.550 e. The number of amides is 2. The molecule has 0 radical (unpaired) electrons. The number of nitrogens with zero attached hydrogens (tertiary/aromatic N) is 1. The number of rotatable bonds is 3. The number of carboxylic acids is 1. The van der Waals surface area contributed by atoms with Gasteiger partial charge in [0.15, 0.2) is 0 Å². The predicted octanol–water partition coefficient (Wildman–Crippen LogP) is 0.223. The highest BCUT2D eigenvalue weighted by Crippen LogP contribution is 2.56. The van der Waals surface area contributed by atoms with Gasteiger partial charge in [-0.05, 0) is 25.2 Å². The van der Waals surface area contributed by atoms with Crippen LogP contribution in [0.3, 0.4) is 0 Å². The fourth-order valence-electron chi connectivity index (χ4n) is 2.82. The van der Waals surface area contributed by atoms with Gasteiger partial charge >= 0.3 is 6.03 Å². The van der Waals surface area contributed by atoms with E-state index < -0.39 is 28.7 Å². The van der Waals surface area contributed by atoms with Crippen LogP contribution >= 0.6 is 0 Å². The summed E-state index contributed by atoms with van der Waals surface area (Å²) < 4.78 is 0. The van der Waals surface area contributed by atoms with Crippen molar-refractivity contribution in [3.05, 3.63) is 0 Å². The van der Waals surface area contributed by atoms with E-state index in [-0.39, 0.29) is 0 Å². The standard InChI is InChI=1S/C12H21N3O3/c1-7(14-15-10(13)18)12(4)6-5-8(9(16)17)11(12,2)3/h8H,5-6H2,1-4H3,(H,16,17)(H3,13,15,18)/p-1/t8-,12-/m1/s1. The largest absolute Gasteiger partial charge is 0.550 e. The molecule has 3 N–H and O–H groups in total. The number of hydrogen-bond acceptors (Lipinski definition) is 4. The Morgan fingerprint density at radius 3 is 2.33 bits per heavy atom. The summed E-state index contributed by atoms with van der Waals surface area (Å²) in [7, 11) is 0. The van der Waals surface area contributed by atoms with Crippen LogP contribution in [0.4, 0.5) is 4.79 Å². The number of hydrazone groups is 1. The molecule has 1 fully saturated rings. The number of carboxylic acid groups (broad SMARTS) is 1. The number of aliphatic carboxylic acids is 1. The molecule has 1 rings (SSSR count). The third-order valence-electron chi connectivity index (χ3n) is 4.64. The van der Waals surface area contributed by atoms with Gasteiger partial charge in [-0.15, -0.1) is 0 Å². The van der Waals surface area contributed by atoms with Gasteiger partial charge in [0.25, 0.3) is 0 Å². The lowest BCUT2D eigenvalue weighted by Gasteiger charge is -2.42. The average Bonchev–Trinajstić information content (AvgIpc) is 2.47. The van der Waals surface area contributed by atoms with Crippen molar-refractivity contribution in [3.63, 3.8) is 0 Å². The summed E-state index contributed by atoms with van der Waals surface area (Å²) in [5, 5.41) is 15.1. The molecule has 18 heavy (non-hydrogen) atoms. The van der Waals surface area contributed by atoms with E-state index in [2.05, 4.69) is 10.5 Å². The molecule has 0 heterocycles. The van der Waals surface area contributed by atoms with Crippen LogP contribution in [0.25, 0.3) is 0 Å². The van der Waals surface area contributed by atoms with Gasteiger partial charge in [0.05, 0.1) is 0 Å². The molecule has 2 atom stereocenters. The van der Waals surface area contributed by atoms with Gasteiger partial charge in [0.1, 0.15) is 0 Å². The minimum absolute atomic E-state index is 0.403. The van der Waals surface area contributed by atoms with Crippen molar-refractivity contribution >= 4 is 17.7 Å². The van der Waals surface area contributed by atoms with Crippen molar-refractivity contribution in [1.29, 1.82) is 0 Å². The zero-order valence-corrected chi connectivity index (χ0v) is 11.2. The maximum Gasteiger partial charge on any atom is 0.332 e. The number of carbonyl (C=O) groups excluding carboxylic acids is 2. The first-order valence-corrected chi connectivity index (χ1v) is 5.94. The van der Waals surface area contributed by atoms with Crippen molar-refractivity contribution in [2.45, 2.75) is 40.5 Å². The SMILES string of the molecule is CC(=NNC(N)=O)[C@@]1(C)CC[C@H](C(=O)[O-])C1(C)C. The Balaban J connectivity index is 3.04. The highest BCUT2D eigenvalue weighted by Gasteiger charge is 2.53. The summed E-state index contributed by atoms with van der Waals surface area (Å²) >= 11 is 0. The minimum atomic E-state index is -1.03. The van der Waals surface area contributed by atoms with Crippen molar-refractivity contribution in [2.24, 2.45) is 27.6 Å². The number of hydrogen-bond donors (Lipinski definition) is 2. The second-order valence-electron chi connectivity index (χ2n) is 5.64. The molecule has 1 aliphatic carbocycles. The maximum absolute atomic E-state index is 11.2. The van der Waals surface area contributed by atoms with Gasteiger partial charge in [-0.25, -0.2) is 10.2 Å². The Bertz CT molecular complexity index is 403. The Hall–Kier alpha value is -1.59. The third kappa shape index (κ3) is 2.19. The van der Waals surface area contributed by atoms with Crippen LogP contribution in [0, 0.1) is 16.7 Å². The quantitative estimate of drug-likeness (QED) is 0.555. The number of nitrogens with one attached hydrogen (secondary N) is 1. The summed E-state index contributed by atoms with van der Waals surface area (Å²) in [5.74, 6) is -1.54. The van der Waals surface area contributed by atoms with Gasteiger partial charge in [0.2, 0.25) is 0 Å². The molecule has 0 spiro atoms. The fraction of sp³-hybridized carbons (Fsp3) is 0.750. The van der Waals surface area contributed by atoms with E-state index in [0.717, 1.165) is 0 Å². The van der Waals surface area contributed by atoms with E-state index in [1.165, 1.54) is 0 Å². The molecular weight excluding hydrogens is 234 g/mol. The zero-order chi connectivity index (χ0) is 14.1. The molecule has 0 aliphatic heterocycles. The molecule has 0 saturated heterocycles. The molecule has 6 heteroatoms. The van der Waals surface area contributed by atoms with Gasteiger partial charge < -0.3 is 15.6 Å². The second-order valence-corrected chi connectivity index (χ2v) is 5.64. The van der Waals surface area contributed by atoms with Gasteiger partial charge in [-0.1, -0.05) is 20.8 Å². The molecule has 2 amide bonds. The van der Waals surface area contributed by atoms with E-state index in [1.54, 1.807) is 6.92 Å². The lowest BCUT2D eigenvalue weighted by atomic mass is 9.63. The highest BCUT2D eigenvalue weighted by molar-refractivity contribution is 5.90. The fourth-order valence-corrected chi connectivity index (χ4v) is 2.82. The lowest BCUT2D eigenvalue weighted by molar-refractivity contribution is -0.314. The van der Waals surface area contributed by atoms with Crippen LogP contribution in [0.15, 0.2) is 5.10 Å². The van der Waals surface area contributed by atoms with Crippen LogP contribution in [0.1, 0.15) is 40.5 Å². The monoisotopic (exact) mass is 254 g/mol. The number of carbonyl (C=O) groups is 2. The van der Waals surface area contributed by atoms with E-state index in [9.17, 15) is 14.7 Å². The summed E-state index contributed by atoms with van der Waals surface area (Å²) in [6, 6.07) is -0.731. The lowest BCUT2D eigenvalue weighted by Crippen LogP contribution is -2.46. The normalized spacial score (nSPS) is 31.1. The number of urea groups is 1. The molecule has 0 bridgehead atoms. The van der Waals surface area contributed by atoms with Crippen molar-refractivity contribution in [3.8, 4) is 0 Å². The first kappa shape index (κ1) is 14.5. The molecule has 0 aromatic carbocycles. The first-order chi connectivity index (χ1) is 8.13. The Morgan fingerprint density at radius 2 is 1.94 bits per heavy atom. The van der Waals surface area contributed by atoms with Gasteiger partial charge in [-0.2, -0.15) is 5.10 Å². The highest BCUT2D eigenvalue weighted by atomic mass is 16.4.